The summed E-state index contributed by atoms with van der Waals surface area (Å²) in [5.41, 5.74) is 0.504. The van der Waals surface area contributed by atoms with Crippen LogP contribution in [0.15, 0.2) is 12.1 Å². The van der Waals surface area contributed by atoms with Crippen LogP contribution in [0.4, 0.5) is 0 Å². The molecule has 0 fully saturated rings. The molecule has 7 nitrogen and oxygen atoms in total. The number of carbonyl (C=O) groups excluding carboxylic acids is 2. The molecule has 1 rings (SSSR count). The highest BCUT2D eigenvalue weighted by atomic mass is 35.5. The summed E-state index contributed by atoms with van der Waals surface area (Å²) in [6, 6.07) is 1.82. The average Bonchev–Trinajstić information content (AvgIpc) is 2.47. The molecule has 1 heterocycles. The third-order valence-corrected chi connectivity index (χ3v) is 3.22. The van der Waals surface area contributed by atoms with Crippen molar-refractivity contribution in [2.45, 2.75) is 25.5 Å². The maximum absolute atomic E-state index is 12.0. The number of hydrogen-bond donors (Lipinski definition) is 2. The summed E-state index contributed by atoms with van der Waals surface area (Å²) in [6.45, 7) is -0.152. The van der Waals surface area contributed by atoms with Crippen molar-refractivity contribution in [2.75, 3.05) is 5.88 Å². The monoisotopic (exact) mass is 382 g/mol. The van der Waals surface area contributed by atoms with E-state index in [2.05, 4.69) is 10.3 Å². The van der Waals surface area contributed by atoms with Crippen molar-refractivity contribution in [1.29, 1.82) is 0 Å². The Morgan fingerprint density at radius 1 is 1.26 bits per heavy atom. The zero-order valence-corrected chi connectivity index (χ0v) is 14.0. The van der Waals surface area contributed by atoms with Gasteiger partial charge < -0.3 is 15.2 Å². The van der Waals surface area contributed by atoms with Gasteiger partial charge in [-0.15, -0.1) is 11.6 Å². The molecule has 1 atom stereocenters. The maximum Gasteiger partial charge on any atom is 0.328 e. The van der Waals surface area contributed by atoms with E-state index in [9.17, 15) is 14.4 Å². The summed E-state index contributed by atoms with van der Waals surface area (Å²) in [5.74, 6) is -2.84. The van der Waals surface area contributed by atoms with Gasteiger partial charge in [0, 0.05) is 6.42 Å². The number of nitrogens with zero attached hydrogens (tertiary/aromatic N) is 1. The van der Waals surface area contributed by atoms with Crippen LogP contribution >= 0.6 is 34.8 Å². The van der Waals surface area contributed by atoms with Crippen molar-refractivity contribution in [1.82, 2.24) is 10.3 Å². The molecular weight excluding hydrogens is 371 g/mol. The number of alkyl halides is 1. The average molecular weight is 384 g/mol. The summed E-state index contributed by atoms with van der Waals surface area (Å²) in [5, 5.41) is 11.3. The van der Waals surface area contributed by atoms with Crippen LogP contribution in [0, 0.1) is 0 Å². The molecule has 0 bridgehead atoms. The number of ether oxygens (including phenoxy) is 1. The van der Waals surface area contributed by atoms with Crippen LogP contribution in [-0.2, 0) is 25.7 Å². The molecule has 0 saturated heterocycles. The third kappa shape index (κ3) is 7.49. The van der Waals surface area contributed by atoms with Crippen LogP contribution in [-0.4, -0.2) is 39.9 Å². The fourth-order valence-electron chi connectivity index (χ4n) is 1.60. The number of amides is 1. The van der Waals surface area contributed by atoms with Crippen molar-refractivity contribution < 1.29 is 24.2 Å². The number of carboxylic acid groups (broad SMARTS) is 1. The van der Waals surface area contributed by atoms with E-state index in [0.717, 1.165) is 0 Å². The van der Waals surface area contributed by atoms with Crippen LogP contribution in [0.2, 0.25) is 10.3 Å². The maximum atomic E-state index is 12.0. The molecule has 0 aliphatic carbocycles. The fraction of sp³-hybridized carbons (Fsp3) is 0.385. The first-order chi connectivity index (χ1) is 10.8. The van der Waals surface area contributed by atoms with Crippen molar-refractivity contribution in [3.05, 3.63) is 28.0 Å². The molecule has 0 spiro atoms. The van der Waals surface area contributed by atoms with E-state index in [1.54, 1.807) is 0 Å². The lowest BCUT2D eigenvalue weighted by Crippen LogP contribution is -2.42. The van der Waals surface area contributed by atoms with E-state index < -0.39 is 23.9 Å². The number of carbonyl (C=O) groups is 3. The van der Waals surface area contributed by atoms with Gasteiger partial charge in [-0.05, 0) is 24.1 Å². The molecule has 2 N–H and O–H groups in total. The molecule has 0 saturated carbocycles. The van der Waals surface area contributed by atoms with Gasteiger partial charge in [-0.2, -0.15) is 0 Å². The van der Waals surface area contributed by atoms with Crippen LogP contribution in [0.5, 0.6) is 0 Å². The molecule has 0 aliphatic rings. The van der Waals surface area contributed by atoms with Crippen molar-refractivity contribution in [2.24, 2.45) is 0 Å². The topological polar surface area (TPSA) is 106 Å². The van der Waals surface area contributed by atoms with Crippen LogP contribution < -0.4 is 5.32 Å². The van der Waals surface area contributed by atoms with Crippen LogP contribution in [0.25, 0.3) is 0 Å². The Hall–Kier alpha value is -1.57. The van der Waals surface area contributed by atoms with Gasteiger partial charge in [0.25, 0.3) is 0 Å². The van der Waals surface area contributed by atoms with Crippen molar-refractivity contribution >= 4 is 52.6 Å². The molecular formula is C13H13Cl3N2O5. The lowest BCUT2D eigenvalue weighted by molar-refractivity contribution is -0.149. The number of pyridine rings is 1. The van der Waals surface area contributed by atoms with E-state index in [1.165, 1.54) is 12.1 Å². The minimum atomic E-state index is -1.11. The minimum absolute atomic E-state index is 0.116. The highest BCUT2D eigenvalue weighted by Gasteiger charge is 2.23. The number of nitrogens with one attached hydrogen (secondary N) is 1. The lowest BCUT2D eigenvalue weighted by atomic mass is 10.1. The first-order valence-electron chi connectivity index (χ1n) is 6.37. The highest BCUT2D eigenvalue weighted by Crippen LogP contribution is 2.15. The molecule has 1 aromatic heterocycles. The summed E-state index contributed by atoms with van der Waals surface area (Å²) >= 11 is 16.8. The first kappa shape index (κ1) is 19.5. The highest BCUT2D eigenvalue weighted by molar-refractivity contribution is 6.32. The fourth-order valence-corrected chi connectivity index (χ4v) is 2.19. The van der Waals surface area contributed by atoms with Gasteiger partial charge in [-0.25, -0.2) is 9.78 Å². The smallest absolute Gasteiger partial charge is 0.328 e. The van der Waals surface area contributed by atoms with E-state index in [1.807, 2.05) is 0 Å². The predicted octanol–water partition coefficient (Wildman–Crippen LogP) is 2.02. The van der Waals surface area contributed by atoms with Gasteiger partial charge in [0.1, 0.15) is 28.8 Å². The Kier molecular flexibility index (Phi) is 8.08. The molecule has 1 amide bonds. The van der Waals surface area contributed by atoms with Gasteiger partial charge in [0.15, 0.2) is 0 Å². The Bertz CT molecular complexity index is 577. The molecule has 126 valence electrons. The Balaban J connectivity index is 2.67. The Morgan fingerprint density at radius 3 is 2.39 bits per heavy atom. The molecule has 10 heteroatoms. The van der Waals surface area contributed by atoms with E-state index in [0.29, 0.717) is 5.56 Å². The van der Waals surface area contributed by atoms with Crippen molar-refractivity contribution in [3.63, 3.8) is 0 Å². The summed E-state index contributed by atoms with van der Waals surface area (Å²) < 4.78 is 5.04. The van der Waals surface area contributed by atoms with Crippen molar-refractivity contribution in [3.8, 4) is 0 Å². The van der Waals surface area contributed by atoms with E-state index >= 15 is 0 Å². The summed E-state index contributed by atoms with van der Waals surface area (Å²) in [4.78, 5) is 37.6. The largest absolute Gasteiger partial charge is 0.481 e. The number of halogens is 3. The van der Waals surface area contributed by atoms with Gasteiger partial charge in [0.2, 0.25) is 5.91 Å². The van der Waals surface area contributed by atoms with Gasteiger partial charge in [-0.1, -0.05) is 23.2 Å². The first-order valence-corrected chi connectivity index (χ1v) is 7.66. The second-order valence-electron chi connectivity index (χ2n) is 4.41. The molecule has 0 radical (unpaired) electrons. The molecule has 23 heavy (non-hydrogen) atoms. The number of aliphatic carboxylic acids is 1. The molecule has 1 aromatic rings. The summed E-state index contributed by atoms with van der Waals surface area (Å²) in [6.07, 6.45) is -0.427. The molecule has 0 aliphatic heterocycles. The Morgan fingerprint density at radius 2 is 1.87 bits per heavy atom. The molecule has 0 unspecified atom stereocenters. The van der Waals surface area contributed by atoms with Gasteiger partial charge in [-0.3, -0.25) is 9.59 Å². The predicted molar refractivity (Wildman–Crippen MR) is 83.6 cm³/mol. The number of aromatic nitrogens is 1. The number of rotatable bonds is 8. The quantitative estimate of drug-likeness (QED) is 0.404. The summed E-state index contributed by atoms with van der Waals surface area (Å²) in [7, 11) is 0. The van der Waals surface area contributed by atoms with Gasteiger partial charge in [0.05, 0.1) is 0 Å². The zero-order chi connectivity index (χ0) is 17.4. The third-order valence-electron chi connectivity index (χ3n) is 2.59. The van der Waals surface area contributed by atoms with Crippen LogP contribution in [0.3, 0.4) is 0 Å². The second kappa shape index (κ2) is 9.54. The zero-order valence-electron chi connectivity index (χ0n) is 11.7. The number of hydrogen-bond acceptors (Lipinski definition) is 5. The van der Waals surface area contributed by atoms with E-state index in [4.69, 9.17) is 44.6 Å². The number of esters is 1. The Labute approximate surface area is 146 Å². The minimum Gasteiger partial charge on any atom is -0.481 e. The normalized spacial score (nSPS) is 11.6. The molecule has 0 aromatic carbocycles. The SMILES string of the molecule is O=C(O)CC[C@H](NC(=O)CCl)C(=O)OCc1cc(Cl)nc(Cl)c1. The number of carboxylic acids is 1. The van der Waals surface area contributed by atoms with E-state index in [-0.39, 0.29) is 35.6 Å². The van der Waals surface area contributed by atoms with Gasteiger partial charge >= 0.3 is 11.9 Å². The standard InChI is InChI=1S/C13H13Cl3N2O5/c14-5-11(19)17-8(1-2-12(20)21)13(22)23-6-7-3-9(15)18-10(16)4-7/h3-4,8H,1-2,5-6H2,(H,17,19)(H,20,21)/t8-/m0/s1. The van der Waals surface area contributed by atoms with Crippen LogP contribution in [0.1, 0.15) is 18.4 Å². The lowest BCUT2D eigenvalue weighted by Gasteiger charge is -2.16. The second-order valence-corrected chi connectivity index (χ2v) is 5.46.